The SMILES string of the molecule is C[C@H](C(=O)N1CCO[C@H](CN(C)CC(=O)O)C1)c1cc2ccccc2o1. The van der Waals surface area contributed by atoms with Gasteiger partial charge in [0.2, 0.25) is 5.91 Å². The topological polar surface area (TPSA) is 83.2 Å². The standard InChI is InChI=1S/C19H24N2O5/c1-13(17-9-14-5-3-4-6-16(14)26-17)19(24)21-7-8-25-15(11-21)10-20(2)12-18(22)23/h3-6,9,13,15H,7-8,10-12H2,1-2H3,(H,22,23)/t13-,15+/m0/s1. The second-order valence-corrected chi connectivity index (χ2v) is 6.78. The van der Waals surface area contributed by atoms with Crippen LogP contribution in [0.15, 0.2) is 34.7 Å². The molecule has 2 aromatic rings. The lowest BCUT2D eigenvalue weighted by Gasteiger charge is -2.35. The van der Waals surface area contributed by atoms with Crippen LogP contribution in [-0.4, -0.2) is 72.7 Å². The van der Waals surface area contributed by atoms with Crippen molar-refractivity contribution in [3.63, 3.8) is 0 Å². The highest BCUT2D eigenvalue weighted by Crippen LogP contribution is 2.26. The summed E-state index contributed by atoms with van der Waals surface area (Å²) in [4.78, 5) is 27.1. The Hall–Kier alpha value is -2.38. The lowest BCUT2D eigenvalue weighted by atomic mass is 10.1. The molecule has 1 aromatic heterocycles. The summed E-state index contributed by atoms with van der Waals surface area (Å²) in [6.45, 7) is 3.69. The first-order valence-corrected chi connectivity index (χ1v) is 8.73. The highest BCUT2D eigenvalue weighted by Gasteiger charge is 2.30. The quantitative estimate of drug-likeness (QED) is 0.845. The minimum Gasteiger partial charge on any atom is -0.480 e. The lowest BCUT2D eigenvalue weighted by molar-refractivity contribution is -0.143. The minimum atomic E-state index is -0.880. The molecule has 1 saturated heterocycles. The van der Waals surface area contributed by atoms with E-state index in [1.54, 1.807) is 16.8 Å². The second-order valence-electron chi connectivity index (χ2n) is 6.78. The molecule has 1 aromatic carbocycles. The van der Waals surface area contributed by atoms with Gasteiger partial charge in [-0.25, -0.2) is 0 Å². The third-order valence-electron chi connectivity index (χ3n) is 4.61. The number of benzene rings is 1. The van der Waals surface area contributed by atoms with Crippen molar-refractivity contribution < 1.29 is 23.8 Å². The number of nitrogens with zero attached hydrogens (tertiary/aromatic N) is 2. The number of morpholine rings is 1. The summed E-state index contributed by atoms with van der Waals surface area (Å²) in [6, 6.07) is 9.61. The summed E-state index contributed by atoms with van der Waals surface area (Å²) in [5, 5.41) is 9.84. The fourth-order valence-corrected chi connectivity index (χ4v) is 3.28. The molecule has 0 aliphatic carbocycles. The van der Waals surface area contributed by atoms with Gasteiger partial charge in [0.15, 0.2) is 0 Å². The molecule has 1 fully saturated rings. The van der Waals surface area contributed by atoms with Gasteiger partial charge < -0.3 is 19.2 Å². The average Bonchev–Trinajstić information content (AvgIpc) is 3.04. The van der Waals surface area contributed by atoms with E-state index in [0.29, 0.717) is 32.0 Å². The Labute approximate surface area is 152 Å². The van der Waals surface area contributed by atoms with E-state index in [1.807, 2.05) is 37.3 Å². The number of hydrogen-bond donors (Lipinski definition) is 1. The molecule has 26 heavy (non-hydrogen) atoms. The van der Waals surface area contributed by atoms with Gasteiger partial charge >= 0.3 is 5.97 Å². The van der Waals surface area contributed by atoms with E-state index in [2.05, 4.69) is 0 Å². The van der Waals surface area contributed by atoms with E-state index >= 15 is 0 Å². The number of furan rings is 1. The Morgan fingerprint density at radius 2 is 2.15 bits per heavy atom. The molecule has 1 N–H and O–H groups in total. The zero-order chi connectivity index (χ0) is 18.7. The largest absolute Gasteiger partial charge is 0.480 e. The average molecular weight is 360 g/mol. The molecule has 0 spiro atoms. The Bertz CT molecular complexity index is 754. The predicted octanol–water partition coefficient (Wildman–Crippen LogP) is 1.78. The van der Waals surface area contributed by atoms with Crippen LogP contribution < -0.4 is 0 Å². The molecule has 7 heteroatoms. The number of ether oxygens (including phenoxy) is 1. The molecule has 2 atom stereocenters. The van der Waals surface area contributed by atoms with Gasteiger partial charge in [-0.1, -0.05) is 18.2 Å². The third-order valence-corrected chi connectivity index (χ3v) is 4.61. The van der Waals surface area contributed by atoms with Crippen LogP contribution in [0.3, 0.4) is 0 Å². The molecule has 140 valence electrons. The Morgan fingerprint density at radius 3 is 2.88 bits per heavy atom. The zero-order valence-electron chi connectivity index (χ0n) is 15.1. The molecule has 1 aliphatic heterocycles. The van der Waals surface area contributed by atoms with Crippen molar-refractivity contribution in [1.29, 1.82) is 0 Å². The molecule has 2 heterocycles. The highest BCUT2D eigenvalue weighted by molar-refractivity contribution is 5.85. The number of amides is 1. The van der Waals surface area contributed by atoms with Crippen LogP contribution in [0.25, 0.3) is 11.0 Å². The number of carbonyl (C=O) groups is 2. The van der Waals surface area contributed by atoms with E-state index in [-0.39, 0.29) is 24.5 Å². The third kappa shape index (κ3) is 4.23. The summed E-state index contributed by atoms with van der Waals surface area (Å²) in [5.74, 6) is -0.604. The summed E-state index contributed by atoms with van der Waals surface area (Å²) in [6.07, 6.45) is -0.195. The first kappa shape index (κ1) is 18.4. The van der Waals surface area contributed by atoms with Crippen molar-refractivity contribution in [1.82, 2.24) is 9.80 Å². The summed E-state index contributed by atoms with van der Waals surface area (Å²) < 4.78 is 11.5. The number of hydrogen-bond acceptors (Lipinski definition) is 5. The van der Waals surface area contributed by atoms with Gasteiger partial charge in [-0.15, -0.1) is 0 Å². The monoisotopic (exact) mass is 360 g/mol. The molecule has 3 rings (SSSR count). The first-order chi connectivity index (χ1) is 12.4. The highest BCUT2D eigenvalue weighted by atomic mass is 16.5. The lowest BCUT2D eigenvalue weighted by Crippen LogP contribution is -2.50. The van der Waals surface area contributed by atoms with Crippen LogP contribution in [0.5, 0.6) is 0 Å². The number of aliphatic carboxylic acids is 1. The predicted molar refractivity (Wildman–Crippen MR) is 96.1 cm³/mol. The van der Waals surface area contributed by atoms with E-state index in [9.17, 15) is 9.59 Å². The number of carbonyl (C=O) groups excluding carboxylic acids is 1. The molecule has 7 nitrogen and oxygen atoms in total. The fraction of sp³-hybridized carbons (Fsp3) is 0.474. The van der Waals surface area contributed by atoms with Crippen molar-refractivity contribution in [3.8, 4) is 0 Å². The van der Waals surface area contributed by atoms with Crippen LogP contribution in [0, 0.1) is 0 Å². The van der Waals surface area contributed by atoms with Gasteiger partial charge in [0.05, 0.1) is 25.2 Å². The van der Waals surface area contributed by atoms with Gasteiger partial charge in [-0.2, -0.15) is 0 Å². The smallest absolute Gasteiger partial charge is 0.317 e. The van der Waals surface area contributed by atoms with Crippen LogP contribution in [0.1, 0.15) is 18.6 Å². The van der Waals surface area contributed by atoms with E-state index in [4.69, 9.17) is 14.3 Å². The molecular weight excluding hydrogens is 336 g/mol. The maximum atomic E-state index is 12.9. The molecule has 0 saturated carbocycles. The van der Waals surface area contributed by atoms with Gasteiger partial charge in [-0.05, 0) is 26.1 Å². The first-order valence-electron chi connectivity index (χ1n) is 8.73. The molecule has 1 amide bonds. The second kappa shape index (κ2) is 7.88. The summed E-state index contributed by atoms with van der Waals surface area (Å²) in [5.41, 5.74) is 0.775. The van der Waals surface area contributed by atoms with Gasteiger partial charge in [0, 0.05) is 25.0 Å². The van der Waals surface area contributed by atoms with Crippen LogP contribution in [-0.2, 0) is 14.3 Å². The van der Waals surface area contributed by atoms with Crippen molar-refractivity contribution >= 4 is 22.8 Å². The molecule has 0 radical (unpaired) electrons. The summed E-state index contributed by atoms with van der Waals surface area (Å²) >= 11 is 0. The van der Waals surface area contributed by atoms with E-state index < -0.39 is 5.97 Å². The van der Waals surface area contributed by atoms with Crippen molar-refractivity contribution in [3.05, 3.63) is 36.1 Å². The Morgan fingerprint density at radius 1 is 1.38 bits per heavy atom. The van der Waals surface area contributed by atoms with E-state index in [1.165, 1.54) is 0 Å². The molecule has 0 bridgehead atoms. The number of para-hydroxylation sites is 1. The van der Waals surface area contributed by atoms with Crippen LogP contribution >= 0.6 is 0 Å². The number of carboxylic acid groups (broad SMARTS) is 1. The molecule has 0 unspecified atom stereocenters. The van der Waals surface area contributed by atoms with Crippen molar-refractivity contribution in [2.75, 3.05) is 39.8 Å². The fourth-order valence-electron chi connectivity index (χ4n) is 3.28. The Balaban J connectivity index is 1.63. The normalized spacial score (nSPS) is 19.0. The van der Waals surface area contributed by atoms with Crippen molar-refractivity contribution in [2.24, 2.45) is 0 Å². The minimum absolute atomic E-state index is 0.00163. The number of fused-ring (bicyclic) bond motifs is 1. The van der Waals surface area contributed by atoms with Gasteiger partial charge in [-0.3, -0.25) is 14.5 Å². The number of rotatable bonds is 6. The van der Waals surface area contributed by atoms with E-state index in [0.717, 1.165) is 11.0 Å². The zero-order valence-corrected chi connectivity index (χ0v) is 15.1. The van der Waals surface area contributed by atoms with Crippen LogP contribution in [0.4, 0.5) is 0 Å². The van der Waals surface area contributed by atoms with Gasteiger partial charge in [0.25, 0.3) is 0 Å². The number of likely N-dealkylation sites (N-methyl/N-ethyl adjacent to an activating group) is 1. The maximum absolute atomic E-state index is 12.9. The van der Waals surface area contributed by atoms with Crippen molar-refractivity contribution in [2.45, 2.75) is 18.9 Å². The summed E-state index contributed by atoms with van der Waals surface area (Å²) in [7, 11) is 1.73. The molecular formula is C19H24N2O5. The number of carboxylic acids is 1. The van der Waals surface area contributed by atoms with Gasteiger partial charge in [0.1, 0.15) is 11.3 Å². The molecule has 1 aliphatic rings. The maximum Gasteiger partial charge on any atom is 0.317 e. The van der Waals surface area contributed by atoms with Crippen LogP contribution in [0.2, 0.25) is 0 Å². The Kier molecular flexibility index (Phi) is 5.58.